The number of rotatable bonds is 4. The molecule has 94 valence electrons. The summed E-state index contributed by atoms with van der Waals surface area (Å²) in [5.41, 5.74) is 1.03. The van der Waals surface area contributed by atoms with E-state index in [1.807, 2.05) is 0 Å². The van der Waals surface area contributed by atoms with E-state index in [4.69, 9.17) is 16.7 Å². The summed E-state index contributed by atoms with van der Waals surface area (Å²) in [6.07, 6.45) is 1.84. The fourth-order valence-electron chi connectivity index (χ4n) is 1.43. The molecule has 0 saturated heterocycles. The van der Waals surface area contributed by atoms with Crippen LogP contribution >= 0.6 is 11.6 Å². The molecule has 0 radical (unpaired) electrons. The van der Waals surface area contributed by atoms with Crippen LogP contribution in [-0.4, -0.2) is 26.1 Å². The number of hydrogen-bond donors (Lipinski definition) is 1. The number of hydrogen-bond acceptors (Lipinski definition) is 3. The molecule has 1 aromatic carbocycles. The third-order valence-corrected chi connectivity index (χ3v) is 2.60. The zero-order valence-corrected chi connectivity index (χ0v) is 9.93. The van der Waals surface area contributed by atoms with Crippen molar-refractivity contribution >= 4 is 17.6 Å². The van der Waals surface area contributed by atoms with Crippen molar-refractivity contribution in [1.29, 1.82) is 0 Å². The van der Waals surface area contributed by atoms with Crippen molar-refractivity contribution in [1.82, 2.24) is 15.0 Å². The molecule has 2 aromatic rings. The summed E-state index contributed by atoms with van der Waals surface area (Å²) in [6.45, 7) is 0. The third kappa shape index (κ3) is 2.84. The van der Waals surface area contributed by atoms with E-state index < -0.39 is 11.8 Å². The molecule has 2 rings (SSSR count). The van der Waals surface area contributed by atoms with Gasteiger partial charge in [0.1, 0.15) is 5.82 Å². The van der Waals surface area contributed by atoms with Crippen LogP contribution in [0.15, 0.2) is 24.4 Å². The molecule has 5 nitrogen and oxygen atoms in total. The molecule has 0 bridgehead atoms. The Labute approximate surface area is 107 Å². The predicted molar refractivity (Wildman–Crippen MR) is 62.3 cm³/mol. The van der Waals surface area contributed by atoms with E-state index >= 15 is 0 Å². The van der Waals surface area contributed by atoms with E-state index in [0.29, 0.717) is 11.4 Å². The van der Waals surface area contributed by atoms with Gasteiger partial charge in [-0.1, -0.05) is 16.8 Å². The van der Waals surface area contributed by atoms with E-state index in [1.54, 1.807) is 6.20 Å². The summed E-state index contributed by atoms with van der Waals surface area (Å²) < 4.78 is 14.3. The van der Waals surface area contributed by atoms with Gasteiger partial charge in [0.25, 0.3) is 0 Å². The summed E-state index contributed by atoms with van der Waals surface area (Å²) in [7, 11) is 0. The van der Waals surface area contributed by atoms with Crippen LogP contribution in [-0.2, 0) is 11.2 Å². The molecule has 0 atom stereocenters. The number of nitrogens with zero attached hydrogens (tertiary/aromatic N) is 3. The number of benzene rings is 1. The molecule has 7 heteroatoms. The number of aromatic nitrogens is 3. The lowest BCUT2D eigenvalue weighted by molar-refractivity contribution is -0.136. The van der Waals surface area contributed by atoms with E-state index in [2.05, 4.69) is 10.3 Å². The second-order valence-electron chi connectivity index (χ2n) is 3.64. The number of halogens is 2. The summed E-state index contributed by atoms with van der Waals surface area (Å²) in [4.78, 5) is 10.4. The monoisotopic (exact) mass is 269 g/mol. The van der Waals surface area contributed by atoms with Crippen molar-refractivity contribution in [2.75, 3.05) is 0 Å². The Kier molecular flexibility index (Phi) is 3.57. The Morgan fingerprint density at radius 1 is 1.50 bits per heavy atom. The van der Waals surface area contributed by atoms with Gasteiger partial charge in [-0.25, -0.2) is 9.07 Å². The number of aryl methyl sites for hydroxylation is 1. The van der Waals surface area contributed by atoms with Crippen molar-refractivity contribution in [3.8, 4) is 5.69 Å². The second-order valence-corrected chi connectivity index (χ2v) is 4.05. The Hall–Kier alpha value is -1.95. The highest BCUT2D eigenvalue weighted by Crippen LogP contribution is 2.20. The fourth-order valence-corrected chi connectivity index (χ4v) is 1.69. The SMILES string of the molecule is O=C(O)CCc1cn(-c2ccc(F)cc2Cl)nn1. The largest absolute Gasteiger partial charge is 0.481 e. The van der Waals surface area contributed by atoms with Gasteiger partial charge >= 0.3 is 5.97 Å². The van der Waals surface area contributed by atoms with Gasteiger partial charge in [0.2, 0.25) is 0 Å². The zero-order valence-electron chi connectivity index (χ0n) is 9.18. The molecule has 0 spiro atoms. The number of carbonyl (C=O) groups is 1. The third-order valence-electron chi connectivity index (χ3n) is 2.29. The van der Waals surface area contributed by atoms with Gasteiger partial charge in [-0.05, 0) is 18.2 Å². The highest BCUT2D eigenvalue weighted by Gasteiger charge is 2.08. The van der Waals surface area contributed by atoms with Crippen LogP contribution < -0.4 is 0 Å². The minimum absolute atomic E-state index is 0.0180. The Morgan fingerprint density at radius 3 is 2.94 bits per heavy atom. The highest BCUT2D eigenvalue weighted by atomic mass is 35.5. The van der Waals surface area contributed by atoms with Crippen molar-refractivity contribution in [2.24, 2.45) is 0 Å². The molecular formula is C11H9ClFN3O2. The van der Waals surface area contributed by atoms with Crippen molar-refractivity contribution in [3.63, 3.8) is 0 Å². The van der Waals surface area contributed by atoms with Crippen molar-refractivity contribution in [2.45, 2.75) is 12.8 Å². The molecule has 0 aliphatic heterocycles. The molecule has 1 heterocycles. The summed E-state index contributed by atoms with van der Waals surface area (Å²) in [5, 5.41) is 16.4. The molecule has 0 aliphatic carbocycles. The second kappa shape index (κ2) is 5.14. The average molecular weight is 270 g/mol. The van der Waals surface area contributed by atoms with Crippen molar-refractivity contribution in [3.05, 3.63) is 40.9 Å². The molecule has 0 aliphatic rings. The van der Waals surface area contributed by atoms with E-state index in [1.165, 1.54) is 22.9 Å². The maximum absolute atomic E-state index is 12.9. The summed E-state index contributed by atoms with van der Waals surface area (Å²) in [5.74, 6) is -1.33. The van der Waals surface area contributed by atoms with Crippen LogP contribution in [0.1, 0.15) is 12.1 Å². The van der Waals surface area contributed by atoms with E-state index in [0.717, 1.165) is 0 Å². The Balaban J connectivity index is 2.21. The van der Waals surface area contributed by atoms with Crippen molar-refractivity contribution < 1.29 is 14.3 Å². The summed E-state index contributed by atoms with van der Waals surface area (Å²) in [6, 6.07) is 3.92. The van der Waals surface area contributed by atoms with Crippen LogP contribution in [0.3, 0.4) is 0 Å². The Morgan fingerprint density at radius 2 is 2.28 bits per heavy atom. The van der Waals surface area contributed by atoms with Crippen LogP contribution in [0.5, 0.6) is 0 Å². The standard InChI is InChI=1S/C11H9ClFN3O2/c12-9-5-7(13)1-3-10(9)16-6-8(14-15-16)2-4-11(17)18/h1,3,5-6H,2,4H2,(H,17,18). The van der Waals surface area contributed by atoms with Crippen LogP contribution in [0.2, 0.25) is 5.02 Å². The quantitative estimate of drug-likeness (QED) is 0.923. The first-order valence-corrected chi connectivity index (χ1v) is 5.52. The first-order valence-electron chi connectivity index (χ1n) is 5.14. The minimum atomic E-state index is -0.899. The lowest BCUT2D eigenvalue weighted by atomic mass is 10.2. The van der Waals surface area contributed by atoms with Gasteiger partial charge in [-0.3, -0.25) is 4.79 Å². The number of aliphatic carboxylic acids is 1. The summed E-state index contributed by atoms with van der Waals surface area (Å²) >= 11 is 5.88. The lowest BCUT2D eigenvalue weighted by Crippen LogP contribution is -1.97. The normalized spacial score (nSPS) is 10.6. The topological polar surface area (TPSA) is 68.0 Å². The maximum atomic E-state index is 12.9. The van der Waals surface area contributed by atoms with Gasteiger partial charge in [0, 0.05) is 6.42 Å². The maximum Gasteiger partial charge on any atom is 0.303 e. The highest BCUT2D eigenvalue weighted by molar-refractivity contribution is 6.32. The van der Waals surface area contributed by atoms with Gasteiger partial charge in [-0.15, -0.1) is 5.10 Å². The van der Waals surface area contributed by atoms with Gasteiger partial charge in [-0.2, -0.15) is 0 Å². The molecule has 0 amide bonds. The number of carboxylic acid groups (broad SMARTS) is 1. The van der Waals surface area contributed by atoms with Crippen LogP contribution in [0.4, 0.5) is 4.39 Å². The molecule has 0 fully saturated rings. The smallest absolute Gasteiger partial charge is 0.303 e. The predicted octanol–water partition coefficient (Wildman–Crippen LogP) is 2.08. The van der Waals surface area contributed by atoms with Crippen LogP contribution in [0, 0.1) is 5.82 Å². The fraction of sp³-hybridized carbons (Fsp3) is 0.182. The molecule has 18 heavy (non-hydrogen) atoms. The minimum Gasteiger partial charge on any atom is -0.481 e. The van der Waals surface area contributed by atoms with E-state index in [9.17, 15) is 9.18 Å². The van der Waals surface area contributed by atoms with Gasteiger partial charge in [0.15, 0.2) is 0 Å². The van der Waals surface area contributed by atoms with Gasteiger partial charge in [0.05, 0.1) is 29.0 Å². The number of carboxylic acids is 1. The molecule has 1 aromatic heterocycles. The zero-order chi connectivity index (χ0) is 13.1. The van der Waals surface area contributed by atoms with Gasteiger partial charge < -0.3 is 5.11 Å². The lowest BCUT2D eigenvalue weighted by Gasteiger charge is -2.02. The van der Waals surface area contributed by atoms with Crippen LogP contribution in [0.25, 0.3) is 5.69 Å². The average Bonchev–Trinajstić information content (AvgIpc) is 2.75. The molecule has 0 saturated carbocycles. The molecular weight excluding hydrogens is 261 g/mol. The van der Waals surface area contributed by atoms with E-state index in [-0.39, 0.29) is 17.9 Å². The first kappa shape index (κ1) is 12.5. The molecule has 0 unspecified atom stereocenters. The molecule has 1 N–H and O–H groups in total. The Bertz CT molecular complexity index is 585. The first-order chi connectivity index (χ1) is 8.56.